The van der Waals surface area contributed by atoms with Crippen LogP contribution in [0.1, 0.15) is 46.5 Å². The average molecular weight is 296 g/mol. The minimum atomic E-state index is -0.223. The van der Waals surface area contributed by atoms with E-state index < -0.39 is 0 Å². The van der Waals surface area contributed by atoms with Gasteiger partial charge in [-0.25, -0.2) is 0 Å². The summed E-state index contributed by atoms with van der Waals surface area (Å²) in [6.45, 7) is 7.23. The van der Waals surface area contributed by atoms with E-state index in [2.05, 4.69) is 20.8 Å². The predicted octanol–water partition coefficient (Wildman–Crippen LogP) is 2.09. The number of rotatable bonds is 4. The average Bonchev–Trinajstić information content (AvgIpc) is 3.10. The van der Waals surface area contributed by atoms with Crippen LogP contribution in [0.4, 0.5) is 0 Å². The van der Waals surface area contributed by atoms with Crippen molar-refractivity contribution in [1.29, 1.82) is 0 Å². The van der Waals surface area contributed by atoms with Gasteiger partial charge in [-0.15, -0.1) is 11.8 Å². The predicted molar refractivity (Wildman–Crippen MR) is 80.3 cm³/mol. The van der Waals surface area contributed by atoms with E-state index in [1.165, 1.54) is 0 Å². The minimum Gasteiger partial charge on any atom is -0.338 e. The number of carbonyl (C=O) groups is 2. The van der Waals surface area contributed by atoms with Crippen LogP contribution >= 0.6 is 11.8 Å². The van der Waals surface area contributed by atoms with E-state index in [0.717, 1.165) is 31.6 Å². The second kappa shape index (κ2) is 4.93. The lowest BCUT2D eigenvalue weighted by Gasteiger charge is -2.34. The van der Waals surface area contributed by atoms with Crippen LogP contribution in [0.25, 0.3) is 0 Å². The SMILES string of the molecule is CC(C)CN(C(=O)[C@H]1CS[C@@]2(C)CCC(=O)N12)C1CC1. The summed E-state index contributed by atoms with van der Waals surface area (Å²) in [7, 11) is 0. The van der Waals surface area contributed by atoms with Gasteiger partial charge < -0.3 is 9.80 Å². The van der Waals surface area contributed by atoms with E-state index in [9.17, 15) is 9.59 Å². The zero-order valence-electron chi connectivity index (χ0n) is 12.6. The molecule has 2 saturated heterocycles. The number of thioether (sulfide) groups is 1. The van der Waals surface area contributed by atoms with Crippen molar-refractivity contribution in [3.05, 3.63) is 0 Å². The summed E-state index contributed by atoms with van der Waals surface area (Å²) in [6.07, 6.45) is 3.74. The van der Waals surface area contributed by atoms with E-state index in [-0.39, 0.29) is 22.7 Å². The summed E-state index contributed by atoms with van der Waals surface area (Å²) in [4.78, 5) is 28.9. The Morgan fingerprint density at radius 1 is 1.50 bits per heavy atom. The molecule has 0 radical (unpaired) electrons. The maximum absolute atomic E-state index is 12.9. The van der Waals surface area contributed by atoms with E-state index in [0.29, 0.717) is 18.4 Å². The molecule has 0 aromatic rings. The summed E-state index contributed by atoms with van der Waals surface area (Å²) in [5, 5.41) is 0. The Morgan fingerprint density at radius 3 is 2.80 bits per heavy atom. The number of hydrogen-bond acceptors (Lipinski definition) is 3. The van der Waals surface area contributed by atoms with E-state index >= 15 is 0 Å². The van der Waals surface area contributed by atoms with Crippen molar-refractivity contribution in [1.82, 2.24) is 9.80 Å². The Labute approximate surface area is 125 Å². The number of carbonyl (C=O) groups excluding carboxylic acids is 2. The molecule has 2 heterocycles. The van der Waals surface area contributed by atoms with Gasteiger partial charge in [0.05, 0.1) is 4.87 Å². The first kappa shape index (κ1) is 14.2. The fourth-order valence-corrected chi connectivity index (χ4v) is 4.82. The number of amides is 2. The van der Waals surface area contributed by atoms with Crippen molar-refractivity contribution in [2.24, 2.45) is 5.92 Å². The maximum atomic E-state index is 12.9. The maximum Gasteiger partial charge on any atom is 0.246 e. The fourth-order valence-electron chi connectivity index (χ4n) is 3.39. The third kappa shape index (κ3) is 2.34. The summed E-state index contributed by atoms with van der Waals surface area (Å²) in [6, 6.07) is 0.207. The molecule has 1 aliphatic carbocycles. The summed E-state index contributed by atoms with van der Waals surface area (Å²) in [5.41, 5.74) is 0. The highest BCUT2D eigenvalue weighted by atomic mass is 32.2. The number of nitrogens with zero attached hydrogens (tertiary/aromatic N) is 2. The molecule has 0 spiro atoms. The molecule has 0 aromatic heterocycles. The normalized spacial score (nSPS) is 32.9. The van der Waals surface area contributed by atoms with E-state index in [4.69, 9.17) is 0 Å². The molecule has 20 heavy (non-hydrogen) atoms. The van der Waals surface area contributed by atoms with Crippen molar-refractivity contribution in [2.45, 2.75) is 63.4 Å². The van der Waals surface area contributed by atoms with Crippen molar-refractivity contribution in [3.8, 4) is 0 Å². The smallest absolute Gasteiger partial charge is 0.246 e. The number of hydrogen-bond donors (Lipinski definition) is 0. The van der Waals surface area contributed by atoms with Crippen molar-refractivity contribution in [3.63, 3.8) is 0 Å². The first-order valence-corrected chi connectivity index (χ1v) is 8.67. The molecule has 0 aromatic carbocycles. The summed E-state index contributed by atoms with van der Waals surface area (Å²) < 4.78 is 0. The van der Waals surface area contributed by atoms with Crippen LogP contribution in [0.2, 0.25) is 0 Å². The molecule has 3 fully saturated rings. The molecule has 1 saturated carbocycles. The summed E-state index contributed by atoms with van der Waals surface area (Å²) >= 11 is 1.78. The fraction of sp³-hybridized carbons (Fsp3) is 0.867. The molecule has 112 valence electrons. The zero-order chi connectivity index (χ0) is 14.5. The Morgan fingerprint density at radius 2 is 2.20 bits per heavy atom. The molecule has 3 aliphatic rings. The molecule has 2 atom stereocenters. The molecule has 2 aliphatic heterocycles. The first-order chi connectivity index (χ1) is 9.42. The van der Waals surface area contributed by atoms with Gasteiger partial charge in [-0.05, 0) is 32.1 Å². The Bertz CT molecular complexity index is 436. The van der Waals surface area contributed by atoms with Crippen LogP contribution in [0.15, 0.2) is 0 Å². The largest absolute Gasteiger partial charge is 0.338 e. The van der Waals surface area contributed by atoms with Gasteiger partial charge in [0, 0.05) is 24.8 Å². The monoisotopic (exact) mass is 296 g/mol. The van der Waals surface area contributed by atoms with Gasteiger partial charge in [0.2, 0.25) is 11.8 Å². The second-order valence-electron chi connectivity index (χ2n) is 6.88. The second-order valence-corrected chi connectivity index (χ2v) is 8.38. The van der Waals surface area contributed by atoms with Crippen LogP contribution in [-0.4, -0.2) is 50.9 Å². The molecular weight excluding hydrogens is 272 g/mol. The lowest BCUT2D eigenvalue weighted by atomic mass is 10.1. The topological polar surface area (TPSA) is 40.6 Å². The molecule has 0 bridgehead atoms. The first-order valence-electron chi connectivity index (χ1n) is 7.69. The highest BCUT2D eigenvalue weighted by Crippen LogP contribution is 2.48. The molecular formula is C15H24N2O2S. The van der Waals surface area contributed by atoms with E-state index in [1.807, 2.05) is 9.80 Å². The van der Waals surface area contributed by atoms with Crippen molar-refractivity contribution in [2.75, 3.05) is 12.3 Å². The van der Waals surface area contributed by atoms with Crippen LogP contribution in [-0.2, 0) is 9.59 Å². The van der Waals surface area contributed by atoms with Gasteiger partial charge in [-0.1, -0.05) is 13.8 Å². The lowest BCUT2D eigenvalue weighted by Crippen LogP contribution is -2.52. The molecule has 4 nitrogen and oxygen atoms in total. The highest BCUT2D eigenvalue weighted by Gasteiger charge is 2.54. The Hall–Kier alpha value is -0.710. The van der Waals surface area contributed by atoms with Crippen molar-refractivity contribution >= 4 is 23.6 Å². The lowest BCUT2D eigenvalue weighted by molar-refractivity contribution is -0.144. The van der Waals surface area contributed by atoms with Crippen LogP contribution in [0.5, 0.6) is 0 Å². The Balaban J connectivity index is 1.77. The van der Waals surface area contributed by atoms with Gasteiger partial charge in [-0.2, -0.15) is 0 Å². The van der Waals surface area contributed by atoms with Gasteiger partial charge >= 0.3 is 0 Å². The summed E-state index contributed by atoms with van der Waals surface area (Å²) in [5.74, 6) is 1.60. The van der Waals surface area contributed by atoms with Crippen LogP contribution in [0, 0.1) is 5.92 Å². The van der Waals surface area contributed by atoms with Gasteiger partial charge in [0.15, 0.2) is 0 Å². The molecule has 0 unspecified atom stereocenters. The van der Waals surface area contributed by atoms with Gasteiger partial charge in [-0.3, -0.25) is 9.59 Å². The standard InChI is InChI=1S/C15H24N2O2S/c1-10(2)8-16(11-4-5-11)14(19)12-9-20-15(3)7-6-13(18)17(12)15/h10-12H,4-9H2,1-3H3/t12-,15+/m1/s1. The minimum absolute atomic E-state index is 0.134. The molecule has 3 rings (SSSR count). The Kier molecular flexibility index (Phi) is 3.51. The van der Waals surface area contributed by atoms with Crippen LogP contribution < -0.4 is 0 Å². The quantitative estimate of drug-likeness (QED) is 0.797. The van der Waals surface area contributed by atoms with E-state index in [1.54, 1.807) is 11.8 Å². The third-order valence-electron chi connectivity index (χ3n) is 4.56. The number of fused-ring (bicyclic) bond motifs is 1. The highest BCUT2D eigenvalue weighted by molar-refractivity contribution is 8.01. The molecule has 5 heteroatoms. The van der Waals surface area contributed by atoms with Gasteiger partial charge in [0.1, 0.15) is 6.04 Å². The third-order valence-corrected chi connectivity index (χ3v) is 6.07. The van der Waals surface area contributed by atoms with Gasteiger partial charge in [0.25, 0.3) is 0 Å². The zero-order valence-corrected chi connectivity index (χ0v) is 13.4. The van der Waals surface area contributed by atoms with Crippen LogP contribution in [0.3, 0.4) is 0 Å². The molecule has 2 amide bonds. The molecule has 0 N–H and O–H groups in total. The van der Waals surface area contributed by atoms with Crippen molar-refractivity contribution < 1.29 is 9.59 Å².